The highest BCUT2D eigenvalue weighted by Crippen LogP contribution is 2.48. The van der Waals surface area contributed by atoms with E-state index in [1.165, 1.54) is 31.9 Å². The number of rotatable bonds is 11. The number of nitrogens with two attached hydrogens (primary N) is 1. The van der Waals surface area contributed by atoms with Crippen molar-refractivity contribution in [3.8, 4) is 11.6 Å². The SMILES string of the molecule is COc1nc(N)nc2c1ncn2C1O[C@H](COP(=O)(N[C@@H](C)C(=O)OC(C)C)Oc2cccc3ccccc23)[C@@H](O)[C@@]1(C)O. The van der Waals surface area contributed by atoms with Crippen molar-refractivity contribution in [3.05, 3.63) is 48.8 Å². The summed E-state index contributed by atoms with van der Waals surface area (Å²) < 4.78 is 43.9. The number of aliphatic hydroxyl groups is 2. The van der Waals surface area contributed by atoms with Gasteiger partial charge >= 0.3 is 13.7 Å². The predicted octanol–water partition coefficient (Wildman–Crippen LogP) is 2.71. The van der Waals surface area contributed by atoms with Crippen LogP contribution >= 0.6 is 7.75 Å². The molecule has 5 N–H and O–H groups in total. The van der Waals surface area contributed by atoms with Crippen LogP contribution in [0.1, 0.15) is 33.9 Å². The van der Waals surface area contributed by atoms with E-state index in [1.54, 1.807) is 38.1 Å². The zero-order chi connectivity index (χ0) is 31.8. The van der Waals surface area contributed by atoms with E-state index in [2.05, 4.69) is 20.0 Å². The van der Waals surface area contributed by atoms with E-state index < -0.39 is 56.5 Å². The smallest absolute Gasteiger partial charge is 0.459 e. The van der Waals surface area contributed by atoms with Crippen molar-refractivity contribution in [2.24, 2.45) is 0 Å². The van der Waals surface area contributed by atoms with Crippen molar-refractivity contribution in [2.75, 3.05) is 19.5 Å². The predicted molar refractivity (Wildman–Crippen MR) is 159 cm³/mol. The largest absolute Gasteiger partial charge is 0.479 e. The monoisotopic (exact) mass is 630 g/mol. The quantitative estimate of drug-likeness (QED) is 0.139. The van der Waals surface area contributed by atoms with Crippen LogP contribution < -0.4 is 20.1 Å². The topological polar surface area (TPSA) is 202 Å². The molecule has 1 fully saturated rings. The van der Waals surface area contributed by atoms with Gasteiger partial charge in [-0.2, -0.15) is 15.1 Å². The van der Waals surface area contributed by atoms with Crippen molar-refractivity contribution in [2.45, 2.75) is 63.9 Å². The van der Waals surface area contributed by atoms with Crippen LogP contribution in [0.15, 0.2) is 48.8 Å². The molecule has 236 valence electrons. The van der Waals surface area contributed by atoms with Crippen LogP contribution in [0.5, 0.6) is 11.6 Å². The van der Waals surface area contributed by atoms with Crippen LogP contribution in [0, 0.1) is 0 Å². The molecule has 1 saturated heterocycles. The van der Waals surface area contributed by atoms with E-state index in [-0.39, 0.29) is 28.7 Å². The molecule has 44 heavy (non-hydrogen) atoms. The number of carbonyl (C=O) groups is 1. The summed E-state index contributed by atoms with van der Waals surface area (Å²) in [6.07, 6.45) is -3.03. The van der Waals surface area contributed by atoms with E-state index >= 15 is 0 Å². The van der Waals surface area contributed by atoms with Crippen molar-refractivity contribution >= 4 is 41.6 Å². The van der Waals surface area contributed by atoms with Crippen LogP contribution in [-0.4, -0.2) is 79.4 Å². The molecule has 0 radical (unpaired) electrons. The Balaban J connectivity index is 1.42. The number of ether oxygens (including phenoxy) is 3. The lowest BCUT2D eigenvalue weighted by Gasteiger charge is -2.27. The fourth-order valence-electron chi connectivity index (χ4n) is 4.89. The highest BCUT2D eigenvalue weighted by atomic mass is 31.2. The lowest BCUT2D eigenvalue weighted by Crippen LogP contribution is -2.44. The number of nitrogens with zero attached hydrogens (tertiary/aromatic N) is 4. The summed E-state index contributed by atoms with van der Waals surface area (Å²) in [6, 6.07) is 11.4. The maximum absolute atomic E-state index is 14.2. The Hall–Kier alpha value is -3.85. The minimum Gasteiger partial charge on any atom is -0.479 e. The number of anilines is 1. The molecular formula is C28H35N6O9P. The minimum atomic E-state index is -4.35. The number of nitrogens with one attached hydrogen (secondary N) is 1. The van der Waals surface area contributed by atoms with Crippen molar-refractivity contribution in [1.29, 1.82) is 0 Å². The van der Waals surface area contributed by atoms with Gasteiger partial charge in [0.1, 0.15) is 29.6 Å². The molecule has 1 aliphatic heterocycles. The van der Waals surface area contributed by atoms with Gasteiger partial charge in [-0.15, -0.1) is 0 Å². The first-order chi connectivity index (χ1) is 20.8. The van der Waals surface area contributed by atoms with E-state index in [4.69, 9.17) is 29.0 Å². The second kappa shape index (κ2) is 12.3. The van der Waals surface area contributed by atoms with Crippen LogP contribution in [-0.2, 0) is 23.4 Å². The summed E-state index contributed by atoms with van der Waals surface area (Å²) >= 11 is 0. The van der Waals surface area contributed by atoms with Crippen molar-refractivity contribution in [3.63, 3.8) is 0 Å². The van der Waals surface area contributed by atoms with Gasteiger partial charge in [0.2, 0.25) is 11.8 Å². The Morgan fingerprint density at radius 1 is 1.20 bits per heavy atom. The number of nitrogen functional groups attached to an aromatic ring is 1. The molecule has 2 aromatic heterocycles. The number of carbonyl (C=O) groups excluding carboxylic acids is 1. The molecule has 0 bridgehead atoms. The van der Waals surface area contributed by atoms with Crippen LogP contribution in [0.3, 0.4) is 0 Å². The zero-order valence-corrected chi connectivity index (χ0v) is 25.7. The number of hydrogen-bond donors (Lipinski definition) is 4. The Morgan fingerprint density at radius 2 is 1.93 bits per heavy atom. The Morgan fingerprint density at radius 3 is 2.66 bits per heavy atom. The van der Waals surface area contributed by atoms with E-state index in [0.717, 1.165) is 5.39 Å². The molecule has 5 rings (SSSR count). The number of aromatic nitrogens is 4. The highest BCUT2D eigenvalue weighted by molar-refractivity contribution is 7.52. The number of hydrogen-bond acceptors (Lipinski definition) is 13. The van der Waals surface area contributed by atoms with Gasteiger partial charge < -0.3 is 34.7 Å². The first-order valence-corrected chi connectivity index (χ1v) is 15.4. The lowest BCUT2D eigenvalue weighted by atomic mass is 9.96. The van der Waals surface area contributed by atoms with Gasteiger partial charge in [0.05, 0.1) is 26.1 Å². The van der Waals surface area contributed by atoms with Gasteiger partial charge in [0.25, 0.3) is 0 Å². The maximum Gasteiger partial charge on any atom is 0.459 e. The van der Waals surface area contributed by atoms with Crippen LogP contribution in [0.25, 0.3) is 21.9 Å². The standard InChI is InChI=1S/C28H35N6O9P/c1-15(2)41-25(36)16(3)33-44(38,43-19-12-8-10-17-9-6-7-11-18(17)19)40-13-20-22(35)28(4,37)26(42-20)34-14-30-21-23(34)31-27(29)32-24(21)39-5/h6-12,14-16,20,22,26,35,37H,13H2,1-5H3,(H,33,38)(H2,29,31,32)/t16-,20+,22+,26?,28+,44?/m0/s1. The van der Waals surface area contributed by atoms with Crippen molar-refractivity contribution < 1.29 is 42.8 Å². The Labute approximate surface area is 252 Å². The first-order valence-electron chi connectivity index (χ1n) is 13.8. The Kier molecular flexibility index (Phi) is 8.80. The number of imidazole rings is 1. The van der Waals surface area contributed by atoms with Gasteiger partial charge in [-0.1, -0.05) is 36.4 Å². The van der Waals surface area contributed by atoms with Crippen LogP contribution in [0.4, 0.5) is 5.95 Å². The highest BCUT2D eigenvalue weighted by Gasteiger charge is 2.54. The number of esters is 1. The van der Waals surface area contributed by atoms with Crippen molar-refractivity contribution in [1.82, 2.24) is 24.6 Å². The average molecular weight is 631 g/mol. The molecule has 0 spiro atoms. The third kappa shape index (κ3) is 6.20. The van der Waals surface area contributed by atoms with Gasteiger partial charge in [0.15, 0.2) is 17.4 Å². The number of aliphatic hydroxyl groups excluding tert-OH is 1. The molecule has 0 aliphatic carbocycles. The number of methoxy groups -OCH3 is 1. The second-order valence-electron chi connectivity index (χ2n) is 10.8. The number of benzene rings is 2. The van der Waals surface area contributed by atoms with E-state index in [9.17, 15) is 19.6 Å². The molecule has 6 atom stereocenters. The summed E-state index contributed by atoms with van der Waals surface area (Å²) in [5, 5.41) is 26.6. The third-order valence-corrected chi connectivity index (χ3v) is 8.67. The van der Waals surface area contributed by atoms with E-state index in [0.29, 0.717) is 5.39 Å². The summed E-state index contributed by atoms with van der Waals surface area (Å²) in [4.78, 5) is 25.0. The molecule has 0 amide bonds. The van der Waals surface area contributed by atoms with Gasteiger partial charge in [-0.05, 0) is 39.1 Å². The normalized spacial score (nSPS) is 24.0. The fourth-order valence-corrected chi connectivity index (χ4v) is 6.41. The molecule has 15 nitrogen and oxygen atoms in total. The second-order valence-corrected chi connectivity index (χ2v) is 12.5. The molecule has 16 heteroatoms. The zero-order valence-electron chi connectivity index (χ0n) is 24.8. The summed E-state index contributed by atoms with van der Waals surface area (Å²) in [5.41, 5.74) is 4.39. The molecule has 0 saturated carbocycles. The van der Waals surface area contributed by atoms with Crippen LogP contribution in [0.2, 0.25) is 0 Å². The summed E-state index contributed by atoms with van der Waals surface area (Å²) in [6.45, 7) is 5.69. The average Bonchev–Trinajstić information content (AvgIpc) is 3.48. The first kappa shape index (κ1) is 31.6. The molecular weight excluding hydrogens is 595 g/mol. The van der Waals surface area contributed by atoms with Gasteiger partial charge in [-0.3, -0.25) is 13.9 Å². The molecule has 4 aromatic rings. The fraction of sp³-hybridized carbons (Fsp3) is 0.429. The molecule has 2 unspecified atom stereocenters. The Bertz CT molecular complexity index is 1710. The molecule has 2 aromatic carbocycles. The minimum absolute atomic E-state index is 0.100. The lowest BCUT2D eigenvalue weighted by molar-refractivity contribution is -0.149. The molecule has 3 heterocycles. The third-order valence-electron chi connectivity index (χ3n) is 7.04. The number of fused-ring (bicyclic) bond motifs is 2. The van der Waals surface area contributed by atoms with Gasteiger partial charge in [0, 0.05) is 5.39 Å². The maximum atomic E-state index is 14.2. The summed E-state index contributed by atoms with van der Waals surface area (Å²) in [5.74, 6) is -0.421. The van der Waals surface area contributed by atoms with Gasteiger partial charge in [-0.25, -0.2) is 9.55 Å². The van der Waals surface area contributed by atoms with E-state index in [1.807, 2.05) is 18.2 Å². The summed E-state index contributed by atoms with van der Waals surface area (Å²) in [7, 11) is -2.95. The molecule has 1 aliphatic rings.